The predicted molar refractivity (Wildman–Crippen MR) is 124 cm³/mol. The van der Waals surface area contributed by atoms with Gasteiger partial charge in [0.2, 0.25) is 5.91 Å². The number of aromatic amines is 1. The summed E-state index contributed by atoms with van der Waals surface area (Å²) in [7, 11) is 0. The Hall–Kier alpha value is -3.89. The summed E-state index contributed by atoms with van der Waals surface area (Å²) in [6.45, 7) is 3.75. The maximum absolute atomic E-state index is 12.5. The van der Waals surface area contributed by atoms with Crippen molar-refractivity contribution < 1.29 is 14.7 Å². The first-order valence-electron chi connectivity index (χ1n) is 11.4. The average Bonchev–Trinajstić information content (AvgIpc) is 3.52. The third kappa shape index (κ3) is 4.73. The van der Waals surface area contributed by atoms with Crippen LogP contribution in [-0.4, -0.2) is 65.6 Å². The highest BCUT2D eigenvalue weighted by Crippen LogP contribution is 2.46. The molecule has 1 aliphatic heterocycles. The van der Waals surface area contributed by atoms with Crippen LogP contribution in [0.2, 0.25) is 0 Å². The monoisotopic (exact) mass is 464 g/mol. The molecular formula is C23H28N8O3. The van der Waals surface area contributed by atoms with Gasteiger partial charge in [0.15, 0.2) is 5.82 Å². The fraction of sp³-hybridized carbons (Fsp3) is 0.435. The van der Waals surface area contributed by atoms with E-state index in [4.69, 9.17) is 19.9 Å². The van der Waals surface area contributed by atoms with Gasteiger partial charge in [0.05, 0.1) is 12.2 Å². The van der Waals surface area contributed by atoms with E-state index in [0.717, 1.165) is 67.2 Å². The van der Waals surface area contributed by atoms with Crippen LogP contribution in [0, 0.1) is 0 Å². The minimum absolute atomic E-state index is 0.110. The normalized spacial score (nSPS) is 18.7. The van der Waals surface area contributed by atoms with Crippen LogP contribution in [0.5, 0.6) is 0 Å². The molecule has 1 fully saturated rings. The summed E-state index contributed by atoms with van der Waals surface area (Å²) >= 11 is 0. The molecule has 11 nitrogen and oxygen atoms in total. The lowest BCUT2D eigenvalue weighted by molar-refractivity contribution is -0.133. The molecule has 178 valence electrons. The highest BCUT2D eigenvalue weighted by molar-refractivity contribution is 5.76. The molecule has 11 heteroatoms. The van der Waals surface area contributed by atoms with Gasteiger partial charge in [-0.05, 0) is 37.8 Å². The van der Waals surface area contributed by atoms with Gasteiger partial charge in [0, 0.05) is 48.4 Å². The Balaban J connectivity index is 0.000000868. The molecule has 3 aromatic rings. The summed E-state index contributed by atoms with van der Waals surface area (Å²) in [6.07, 6.45) is 9.49. The largest absolute Gasteiger partial charge is 0.483 e. The minimum Gasteiger partial charge on any atom is -0.483 e. The molecule has 3 N–H and O–H groups in total. The zero-order chi connectivity index (χ0) is 24.0. The SMILES string of the molecule is CCC(=O)N1CCCC2(CCc3c(NCc4ncn[nH]4)nc(-c4cccnc4)nc32)C1.O=CO. The van der Waals surface area contributed by atoms with Gasteiger partial charge in [-0.1, -0.05) is 6.92 Å². The minimum atomic E-state index is -0.250. The van der Waals surface area contributed by atoms with Crippen molar-refractivity contribution in [1.82, 2.24) is 35.0 Å². The van der Waals surface area contributed by atoms with Gasteiger partial charge < -0.3 is 15.3 Å². The number of hydrogen-bond acceptors (Lipinski definition) is 8. The summed E-state index contributed by atoms with van der Waals surface area (Å²) in [4.78, 5) is 41.2. The van der Waals surface area contributed by atoms with E-state index in [2.05, 4.69) is 25.5 Å². The molecule has 0 radical (unpaired) electrons. The molecule has 0 bridgehead atoms. The van der Waals surface area contributed by atoms with Gasteiger partial charge in [-0.25, -0.2) is 15.0 Å². The second-order valence-electron chi connectivity index (χ2n) is 8.41. The lowest BCUT2D eigenvalue weighted by Gasteiger charge is -2.40. The van der Waals surface area contributed by atoms with Gasteiger partial charge in [-0.2, -0.15) is 5.10 Å². The molecular weight excluding hydrogens is 436 g/mol. The number of likely N-dealkylation sites (tertiary alicyclic amines) is 1. The smallest absolute Gasteiger partial charge is 0.290 e. The first-order chi connectivity index (χ1) is 16.6. The number of H-pyrrole nitrogens is 1. The molecule has 0 aromatic carbocycles. The maximum atomic E-state index is 12.5. The number of aromatic nitrogens is 6. The van der Waals surface area contributed by atoms with Crippen molar-refractivity contribution in [2.75, 3.05) is 18.4 Å². The lowest BCUT2D eigenvalue weighted by atomic mass is 9.77. The number of carbonyl (C=O) groups excluding carboxylic acids is 1. The number of rotatable bonds is 5. The van der Waals surface area contributed by atoms with E-state index >= 15 is 0 Å². The van der Waals surface area contributed by atoms with Gasteiger partial charge in [-0.3, -0.25) is 19.7 Å². The number of amides is 1. The molecule has 1 unspecified atom stereocenters. The van der Waals surface area contributed by atoms with E-state index in [1.165, 1.54) is 6.33 Å². The van der Waals surface area contributed by atoms with Crippen LogP contribution in [0.4, 0.5) is 5.82 Å². The van der Waals surface area contributed by atoms with Crippen molar-refractivity contribution in [1.29, 1.82) is 0 Å². The Kier molecular flexibility index (Phi) is 7.09. The zero-order valence-electron chi connectivity index (χ0n) is 19.1. The second kappa shape index (κ2) is 10.4. The Morgan fingerprint density at radius 1 is 1.35 bits per heavy atom. The number of carbonyl (C=O) groups is 2. The third-order valence-corrected chi connectivity index (χ3v) is 6.40. The van der Waals surface area contributed by atoms with Crippen LogP contribution in [0.1, 0.15) is 49.7 Å². The van der Waals surface area contributed by atoms with E-state index in [0.29, 0.717) is 18.8 Å². The molecule has 2 aliphatic rings. The molecule has 5 rings (SSSR count). The summed E-state index contributed by atoms with van der Waals surface area (Å²) < 4.78 is 0. The number of hydrogen-bond donors (Lipinski definition) is 3. The van der Waals surface area contributed by atoms with Gasteiger partial charge in [-0.15, -0.1) is 0 Å². The molecule has 34 heavy (non-hydrogen) atoms. The summed E-state index contributed by atoms with van der Waals surface area (Å²) in [5.41, 5.74) is 3.00. The Morgan fingerprint density at radius 2 is 2.21 bits per heavy atom. The highest BCUT2D eigenvalue weighted by Gasteiger charge is 2.45. The first kappa shape index (κ1) is 23.3. The van der Waals surface area contributed by atoms with Crippen molar-refractivity contribution in [3.8, 4) is 11.4 Å². The number of nitrogens with one attached hydrogen (secondary N) is 2. The van der Waals surface area contributed by atoms with Crippen LogP contribution in [0.15, 0.2) is 30.9 Å². The van der Waals surface area contributed by atoms with Gasteiger partial charge >= 0.3 is 0 Å². The maximum Gasteiger partial charge on any atom is 0.290 e. The number of anilines is 1. The van der Waals surface area contributed by atoms with Crippen LogP contribution in [0.25, 0.3) is 11.4 Å². The van der Waals surface area contributed by atoms with Crippen LogP contribution in [-0.2, 0) is 28.0 Å². The fourth-order valence-corrected chi connectivity index (χ4v) is 4.86. The standard InChI is InChI=1S/C22H26N8O.CH2O2/c1-2-18(31)30-10-4-7-22(13-30)8-6-16-19(22)27-20(15-5-3-9-23-11-15)28-21(16)24-12-17-25-14-26-29-17;2-1-3/h3,5,9,11,14H,2,4,6-8,10,12-13H2,1H3,(H,24,27,28)(H,25,26,29);1H,(H,2,3). The molecule has 1 saturated heterocycles. The number of fused-ring (bicyclic) bond motifs is 2. The number of carboxylic acid groups (broad SMARTS) is 1. The van der Waals surface area contributed by atoms with E-state index in [-0.39, 0.29) is 17.8 Å². The molecule has 4 heterocycles. The topological polar surface area (TPSA) is 150 Å². The first-order valence-corrected chi connectivity index (χ1v) is 11.4. The summed E-state index contributed by atoms with van der Waals surface area (Å²) in [6, 6.07) is 3.87. The summed E-state index contributed by atoms with van der Waals surface area (Å²) in [5.74, 6) is 2.46. The number of nitrogens with zero attached hydrogens (tertiary/aromatic N) is 6. The molecule has 1 aliphatic carbocycles. The van der Waals surface area contributed by atoms with Crippen LogP contribution < -0.4 is 5.32 Å². The fourth-order valence-electron chi connectivity index (χ4n) is 4.86. The summed E-state index contributed by atoms with van der Waals surface area (Å²) in [5, 5.41) is 17.1. The van der Waals surface area contributed by atoms with Crippen molar-refractivity contribution in [2.45, 2.75) is 51.0 Å². The molecule has 3 aromatic heterocycles. The second-order valence-corrected chi connectivity index (χ2v) is 8.41. The van der Waals surface area contributed by atoms with Crippen molar-refractivity contribution in [3.63, 3.8) is 0 Å². The Morgan fingerprint density at radius 3 is 2.91 bits per heavy atom. The number of pyridine rings is 1. The van der Waals surface area contributed by atoms with Gasteiger partial charge in [0.1, 0.15) is 18.0 Å². The van der Waals surface area contributed by atoms with E-state index < -0.39 is 0 Å². The van der Waals surface area contributed by atoms with E-state index in [9.17, 15) is 4.79 Å². The van der Waals surface area contributed by atoms with Crippen molar-refractivity contribution in [2.24, 2.45) is 0 Å². The zero-order valence-corrected chi connectivity index (χ0v) is 19.1. The highest BCUT2D eigenvalue weighted by atomic mass is 16.3. The average molecular weight is 465 g/mol. The Labute approximate surface area is 197 Å². The number of piperidine rings is 1. The lowest BCUT2D eigenvalue weighted by Crippen LogP contribution is -2.47. The van der Waals surface area contributed by atoms with E-state index in [1.54, 1.807) is 12.4 Å². The predicted octanol–water partition coefficient (Wildman–Crippen LogP) is 2.19. The molecule has 0 saturated carbocycles. The van der Waals surface area contributed by atoms with Crippen LogP contribution >= 0.6 is 0 Å². The van der Waals surface area contributed by atoms with Crippen molar-refractivity contribution >= 4 is 18.2 Å². The third-order valence-electron chi connectivity index (χ3n) is 6.40. The molecule has 1 spiro atoms. The van der Waals surface area contributed by atoms with Gasteiger partial charge in [0.25, 0.3) is 6.47 Å². The Bertz CT molecular complexity index is 1120. The van der Waals surface area contributed by atoms with E-state index in [1.807, 2.05) is 24.0 Å². The van der Waals surface area contributed by atoms with Crippen LogP contribution in [0.3, 0.4) is 0 Å². The quantitative estimate of drug-likeness (QED) is 0.483. The van der Waals surface area contributed by atoms with Crippen molar-refractivity contribution in [3.05, 3.63) is 47.9 Å². The molecule has 1 amide bonds. The molecule has 1 atom stereocenters.